The lowest BCUT2D eigenvalue weighted by Gasteiger charge is -2.29. The predicted octanol–water partition coefficient (Wildman–Crippen LogP) is 4.56. The number of thioether (sulfide) groups is 1. The third-order valence-corrected chi connectivity index (χ3v) is 4.54. The fourth-order valence-corrected chi connectivity index (χ4v) is 2.70. The maximum atomic E-state index is 6.03. The van der Waals surface area contributed by atoms with Gasteiger partial charge in [0, 0.05) is 5.88 Å². The molecule has 0 aromatic heterocycles. The van der Waals surface area contributed by atoms with Crippen molar-refractivity contribution in [2.75, 3.05) is 17.4 Å². The first-order chi connectivity index (χ1) is 6.24. The van der Waals surface area contributed by atoms with Crippen molar-refractivity contribution >= 4 is 23.4 Å². The van der Waals surface area contributed by atoms with Crippen LogP contribution in [-0.2, 0) is 0 Å². The van der Waals surface area contributed by atoms with Crippen LogP contribution in [0.3, 0.4) is 0 Å². The maximum Gasteiger partial charge on any atom is 0.0279 e. The maximum absolute atomic E-state index is 6.03. The van der Waals surface area contributed by atoms with E-state index in [1.54, 1.807) is 0 Å². The first-order valence-electron chi connectivity index (χ1n) is 5.38. The van der Waals surface area contributed by atoms with Crippen LogP contribution in [0.25, 0.3) is 0 Å². The molecule has 0 N–H and O–H groups in total. The van der Waals surface area contributed by atoms with E-state index < -0.39 is 0 Å². The molecule has 0 aliphatic carbocycles. The van der Waals surface area contributed by atoms with Crippen LogP contribution in [0.2, 0.25) is 0 Å². The van der Waals surface area contributed by atoms with Crippen molar-refractivity contribution < 1.29 is 0 Å². The van der Waals surface area contributed by atoms with Crippen LogP contribution in [0.5, 0.6) is 0 Å². The van der Waals surface area contributed by atoms with E-state index in [4.69, 9.17) is 11.6 Å². The molecular weight excluding hydrogens is 200 g/mol. The fourth-order valence-electron chi connectivity index (χ4n) is 1.55. The van der Waals surface area contributed by atoms with Gasteiger partial charge in [-0.3, -0.25) is 0 Å². The van der Waals surface area contributed by atoms with E-state index in [2.05, 4.69) is 20.8 Å². The molecule has 0 aliphatic rings. The zero-order valence-corrected chi connectivity index (χ0v) is 10.8. The molecule has 0 aliphatic heterocycles. The molecule has 0 aromatic carbocycles. The van der Waals surface area contributed by atoms with Gasteiger partial charge in [-0.15, -0.1) is 11.6 Å². The molecule has 0 unspecified atom stereocenters. The average Bonchev–Trinajstić information content (AvgIpc) is 2.20. The van der Waals surface area contributed by atoms with Gasteiger partial charge in [-0.25, -0.2) is 0 Å². The van der Waals surface area contributed by atoms with Gasteiger partial charge in [-0.1, -0.05) is 20.8 Å². The summed E-state index contributed by atoms with van der Waals surface area (Å²) in [7, 11) is 0. The molecule has 13 heavy (non-hydrogen) atoms. The summed E-state index contributed by atoms with van der Waals surface area (Å²) in [5.74, 6) is 3.37. The Labute approximate surface area is 92.8 Å². The summed E-state index contributed by atoms with van der Waals surface area (Å²) < 4.78 is 0. The zero-order valence-electron chi connectivity index (χ0n) is 9.24. The van der Waals surface area contributed by atoms with Gasteiger partial charge in [-0.2, -0.15) is 11.8 Å². The number of halogens is 1. The second-order valence-corrected chi connectivity index (χ2v) is 5.30. The van der Waals surface area contributed by atoms with E-state index in [1.807, 2.05) is 11.8 Å². The minimum Gasteiger partial charge on any atom is -0.162 e. The topological polar surface area (TPSA) is 0 Å². The lowest BCUT2D eigenvalue weighted by atomic mass is 9.80. The highest BCUT2D eigenvalue weighted by atomic mass is 35.5. The van der Waals surface area contributed by atoms with Gasteiger partial charge in [0.05, 0.1) is 0 Å². The third-order valence-electron chi connectivity index (χ3n) is 2.98. The summed E-state index contributed by atoms with van der Waals surface area (Å²) >= 11 is 8.07. The Morgan fingerprint density at radius 1 is 1.15 bits per heavy atom. The van der Waals surface area contributed by atoms with Crippen molar-refractivity contribution in [1.29, 1.82) is 0 Å². The SMILES string of the molecule is CCSCCCC(CC)(CC)CCl. The van der Waals surface area contributed by atoms with E-state index in [1.165, 1.54) is 37.2 Å². The Morgan fingerprint density at radius 3 is 2.15 bits per heavy atom. The molecule has 80 valence electrons. The summed E-state index contributed by atoms with van der Waals surface area (Å²) in [6, 6.07) is 0. The normalized spacial score (nSPS) is 12.0. The predicted molar refractivity (Wildman–Crippen MR) is 66.0 cm³/mol. The summed E-state index contributed by atoms with van der Waals surface area (Å²) in [4.78, 5) is 0. The van der Waals surface area contributed by atoms with Gasteiger partial charge in [0.2, 0.25) is 0 Å². The average molecular weight is 223 g/mol. The van der Waals surface area contributed by atoms with Crippen LogP contribution in [0.4, 0.5) is 0 Å². The molecule has 0 fully saturated rings. The fraction of sp³-hybridized carbons (Fsp3) is 1.00. The quantitative estimate of drug-likeness (QED) is 0.429. The lowest BCUT2D eigenvalue weighted by Crippen LogP contribution is -2.21. The van der Waals surface area contributed by atoms with Gasteiger partial charge >= 0.3 is 0 Å². The first-order valence-corrected chi connectivity index (χ1v) is 7.07. The Morgan fingerprint density at radius 2 is 1.77 bits per heavy atom. The molecule has 0 saturated carbocycles. The van der Waals surface area contributed by atoms with Gasteiger partial charge in [-0.05, 0) is 42.6 Å². The van der Waals surface area contributed by atoms with Crippen molar-refractivity contribution in [1.82, 2.24) is 0 Å². The molecule has 0 saturated heterocycles. The van der Waals surface area contributed by atoms with Gasteiger partial charge in [0.15, 0.2) is 0 Å². The van der Waals surface area contributed by atoms with Crippen LogP contribution in [0, 0.1) is 5.41 Å². The number of hydrogen-bond donors (Lipinski definition) is 0. The minimum absolute atomic E-state index is 0.426. The molecule has 0 radical (unpaired) electrons. The van der Waals surface area contributed by atoms with Crippen LogP contribution in [-0.4, -0.2) is 17.4 Å². The Bertz CT molecular complexity index is 102. The number of alkyl halides is 1. The van der Waals surface area contributed by atoms with Crippen molar-refractivity contribution in [2.24, 2.45) is 5.41 Å². The van der Waals surface area contributed by atoms with Crippen LogP contribution in [0.1, 0.15) is 46.5 Å². The summed E-state index contributed by atoms with van der Waals surface area (Å²) in [6.45, 7) is 6.75. The van der Waals surface area contributed by atoms with Crippen molar-refractivity contribution in [3.63, 3.8) is 0 Å². The Kier molecular flexibility index (Phi) is 8.38. The van der Waals surface area contributed by atoms with Crippen molar-refractivity contribution in [3.8, 4) is 0 Å². The van der Waals surface area contributed by atoms with E-state index in [-0.39, 0.29) is 0 Å². The molecule has 0 atom stereocenters. The lowest BCUT2D eigenvalue weighted by molar-refractivity contribution is 0.277. The molecule has 0 spiro atoms. The summed E-state index contributed by atoms with van der Waals surface area (Å²) in [5.41, 5.74) is 0.426. The second kappa shape index (κ2) is 7.99. The Hall–Kier alpha value is 0.640. The largest absolute Gasteiger partial charge is 0.162 e. The number of hydrogen-bond acceptors (Lipinski definition) is 1. The molecule has 0 rings (SSSR count). The highest BCUT2D eigenvalue weighted by Crippen LogP contribution is 2.33. The third kappa shape index (κ3) is 5.17. The van der Waals surface area contributed by atoms with Crippen molar-refractivity contribution in [2.45, 2.75) is 46.5 Å². The highest BCUT2D eigenvalue weighted by molar-refractivity contribution is 7.99. The first kappa shape index (κ1) is 13.6. The molecular formula is C11H23ClS. The molecule has 0 bridgehead atoms. The van der Waals surface area contributed by atoms with E-state index in [0.29, 0.717) is 5.41 Å². The minimum atomic E-state index is 0.426. The molecule has 0 aromatic rings. The van der Waals surface area contributed by atoms with E-state index >= 15 is 0 Å². The smallest absolute Gasteiger partial charge is 0.0279 e. The highest BCUT2D eigenvalue weighted by Gasteiger charge is 2.23. The Balaban J connectivity index is 3.68. The van der Waals surface area contributed by atoms with Gasteiger partial charge in [0.25, 0.3) is 0 Å². The van der Waals surface area contributed by atoms with E-state index in [9.17, 15) is 0 Å². The van der Waals surface area contributed by atoms with Crippen LogP contribution < -0.4 is 0 Å². The van der Waals surface area contributed by atoms with E-state index in [0.717, 1.165) is 5.88 Å². The molecule has 0 amide bonds. The monoisotopic (exact) mass is 222 g/mol. The van der Waals surface area contributed by atoms with Gasteiger partial charge < -0.3 is 0 Å². The van der Waals surface area contributed by atoms with Gasteiger partial charge in [0.1, 0.15) is 0 Å². The van der Waals surface area contributed by atoms with Crippen LogP contribution in [0.15, 0.2) is 0 Å². The zero-order chi connectivity index (χ0) is 10.2. The standard InChI is InChI=1S/C11H23ClS/c1-4-11(5-2,10-12)8-7-9-13-6-3/h4-10H2,1-3H3. The summed E-state index contributed by atoms with van der Waals surface area (Å²) in [6.07, 6.45) is 5.08. The second-order valence-electron chi connectivity index (χ2n) is 3.64. The molecule has 2 heteroatoms. The number of rotatable bonds is 8. The van der Waals surface area contributed by atoms with Crippen LogP contribution >= 0.6 is 23.4 Å². The molecule has 0 heterocycles. The van der Waals surface area contributed by atoms with Crippen molar-refractivity contribution in [3.05, 3.63) is 0 Å². The molecule has 0 nitrogen and oxygen atoms in total. The summed E-state index contributed by atoms with van der Waals surface area (Å²) in [5, 5.41) is 0.